The Bertz CT molecular complexity index is 330. The van der Waals surface area contributed by atoms with Crippen LogP contribution in [0.2, 0.25) is 0 Å². The number of halogens is 2. The van der Waals surface area contributed by atoms with Crippen LogP contribution < -0.4 is 5.73 Å². The van der Waals surface area contributed by atoms with E-state index in [-0.39, 0.29) is 30.7 Å². The van der Waals surface area contributed by atoms with E-state index in [1.165, 1.54) is 0 Å². The van der Waals surface area contributed by atoms with Crippen molar-refractivity contribution in [3.63, 3.8) is 0 Å². The van der Waals surface area contributed by atoms with Crippen molar-refractivity contribution in [3.8, 4) is 0 Å². The summed E-state index contributed by atoms with van der Waals surface area (Å²) in [6, 6.07) is -0.436. The van der Waals surface area contributed by atoms with Gasteiger partial charge in [0.15, 0.2) is 0 Å². The van der Waals surface area contributed by atoms with Gasteiger partial charge in [0.25, 0.3) is 0 Å². The molecule has 1 heterocycles. The lowest BCUT2D eigenvalue weighted by atomic mass is 10.3. The van der Waals surface area contributed by atoms with Crippen molar-refractivity contribution in [3.05, 3.63) is 16.1 Å². The Balaban J connectivity index is 0. The fourth-order valence-electron chi connectivity index (χ4n) is 1.14. The summed E-state index contributed by atoms with van der Waals surface area (Å²) in [5, 5.41) is 1.02. The highest BCUT2D eigenvalue weighted by molar-refractivity contribution is 7.11. The number of nitrogens with two attached hydrogens (primary N) is 1. The van der Waals surface area contributed by atoms with Crippen LogP contribution in [0.15, 0.2) is 6.20 Å². The van der Waals surface area contributed by atoms with E-state index < -0.39 is 6.04 Å². The minimum Gasteiger partial charge on any atom is -0.339 e. The molecule has 1 aromatic heterocycles. The lowest BCUT2D eigenvalue weighted by molar-refractivity contribution is -0.131. The largest absolute Gasteiger partial charge is 0.339 e. The molecule has 1 amide bonds. The number of likely N-dealkylation sites (N-methyl/N-ethyl adjacent to an activating group) is 1. The molecule has 0 spiro atoms. The fourth-order valence-corrected chi connectivity index (χ4v) is 1.99. The van der Waals surface area contributed by atoms with Gasteiger partial charge in [-0.3, -0.25) is 4.79 Å². The molecule has 0 unspecified atom stereocenters. The van der Waals surface area contributed by atoms with Crippen molar-refractivity contribution >= 4 is 42.1 Å². The lowest BCUT2D eigenvalue weighted by Crippen LogP contribution is -2.39. The summed E-state index contributed by atoms with van der Waals surface area (Å²) in [7, 11) is 1.75. The van der Waals surface area contributed by atoms with Crippen molar-refractivity contribution in [2.75, 3.05) is 7.05 Å². The zero-order chi connectivity index (χ0) is 10.7. The maximum Gasteiger partial charge on any atom is 0.239 e. The number of carbonyl (C=O) groups is 1. The summed E-state index contributed by atoms with van der Waals surface area (Å²) in [5.41, 5.74) is 5.49. The molecule has 0 aliphatic heterocycles. The van der Waals surface area contributed by atoms with Gasteiger partial charge in [0.1, 0.15) is 0 Å². The number of hydrogen-bond acceptors (Lipinski definition) is 4. The molecular formula is C9H17Cl2N3OS. The van der Waals surface area contributed by atoms with Gasteiger partial charge in [-0.2, -0.15) is 0 Å². The van der Waals surface area contributed by atoms with Crippen molar-refractivity contribution in [2.45, 2.75) is 26.4 Å². The number of aryl methyl sites for hydroxylation is 1. The average Bonchev–Trinajstić information content (AvgIpc) is 2.49. The number of aromatic nitrogens is 1. The first kappa shape index (κ1) is 18.0. The molecule has 0 aromatic carbocycles. The van der Waals surface area contributed by atoms with Gasteiger partial charge >= 0.3 is 0 Å². The minimum atomic E-state index is -0.436. The van der Waals surface area contributed by atoms with E-state index in [1.807, 2.05) is 6.92 Å². The zero-order valence-electron chi connectivity index (χ0n) is 9.47. The molecule has 0 aliphatic rings. The van der Waals surface area contributed by atoms with Gasteiger partial charge in [-0.15, -0.1) is 36.2 Å². The van der Waals surface area contributed by atoms with Crippen LogP contribution in [0, 0.1) is 6.92 Å². The second-order valence-corrected chi connectivity index (χ2v) is 4.65. The van der Waals surface area contributed by atoms with Gasteiger partial charge in [-0.1, -0.05) is 0 Å². The highest BCUT2D eigenvalue weighted by Gasteiger charge is 2.14. The molecule has 0 saturated heterocycles. The van der Waals surface area contributed by atoms with Crippen LogP contribution in [0.1, 0.15) is 16.8 Å². The molecule has 1 atom stereocenters. The van der Waals surface area contributed by atoms with E-state index in [9.17, 15) is 4.79 Å². The van der Waals surface area contributed by atoms with Crippen molar-refractivity contribution < 1.29 is 4.79 Å². The second kappa shape index (κ2) is 7.84. The Morgan fingerprint density at radius 3 is 2.56 bits per heavy atom. The van der Waals surface area contributed by atoms with Crippen LogP contribution in [0.3, 0.4) is 0 Å². The van der Waals surface area contributed by atoms with Gasteiger partial charge in [-0.25, -0.2) is 4.98 Å². The highest BCUT2D eigenvalue weighted by atomic mass is 35.5. The molecule has 1 aromatic rings. The SMILES string of the molecule is Cc1ncc(CN(C)C(=O)[C@H](C)N)s1.Cl.Cl. The third-order valence-corrected chi connectivity index (χ3v) is 2.73. The minimum absolute atomic E-state index is 0. The van der Waals surface area contributed by atoms with Crippen LogP contribution >= 0.6 is 36.2 Å². The van der Waals surface area contributed by atoms with E-state index >= 15 is 0 Å². The predicted molar refractivity (Wildman–Crippen MR) is 71.5 cm³/mol. The van der Waals surface area contributed by atoms with E-state index in [1.54, 1.807) is 36.4 Å². The molecule has 2 N–H and O–H groups in total. The standard InChI is InChI=1S/C9H15N3OS.2ClH/c1-6(10)9(13)12(3)5-8-4-11-7(2)14-8;;/h4,6H,5,10H2,1-3H3;2*1H/t6-;;/m0../s1. The first-order valence-corrected chi connectivity index (χ1v) is 5.24. The van der Waals surface area contributed by atoms with Gasteiger partial charge < -0.3 is 10.6 Å². The maximum atomic E-state index is 11.4. The molecule has 1 rings (SSSR count). The molecule has 0 bridgehead atoms. The quantitative estimate of drug-likeness (QED) is 0.918. The molecular weight excluding hydrogens is 269 g/mol. The first-order valence-electron chi connectivity index (χ1n) is 4.42. The van der Waals surface area contributed by atoms with Gasteiger partial charge in [-0.05, 0) is 13.8 Å². The third kappa shape index (κ3) is 5.12. The topological polar surface area (TPSA) is 59.2 Å². The Labute approximate surface area is 112 Å². The number of carbonyl (C=O) groups excluding carboxylic acids is 1. The van der Waals surface area contributed by atoms with E-state index in [0.717, 1.165) is 9.88 Å². The smallest absolute Gasteiger partial charge is 0.239 e. The Kier molecular flexibility index (Phi) is 8.83. The molecule has 0 fully saturated rings. The van der Waals surface area contributed by atoms with Crippen molar-refractivity contribution in [2.24, 2.45) is 5.73 Å². The number of amides is 1. The van der Waals surface area contributed by atoms with Crippen LogP contribution in [-0.2, 0) is 11.3 Å². The number of rotatable bonds is 3. The summed E-state index contributed by atoms with van der Waals surface area (Å²) >= 11 is 1.60. The van der Waals surface area contributed by atoms with Gasteiger partial charge in [0.2, 0.25) is 5.91 Å². The molecule has 0 saturated carbocycles. The Hall–Kier alpha value is -0.360. The van der Waals surface area contributed by atoms with E-state index in [4.69, 9.17) is 5.73 Å². The van der Waals surface area contributed by atoms with E-state index in [0.29, 0.717) is 6.54 Å². The van der Waals surface area contributed by atoms with Gasteiger partial charge in [0.05, 0.1) is 17.6 Å². The predicted octanol–water partition coefficient (Wildman–Crippen LogP) is 1.60. The Morgan fingerprint density at radius 1 is 1.62 bits per heavy atom. The number of hydrogen-bond donors (Lipinski definition) is 1. The summed E-state index contributed by atoms with van der Waals surface area (Å²) < 4.78 is 0. The molecule has 0 aliphatic carbocycles. The second-order valence-electron chi connectivity index (χ2n) is 3.33. The number of thiazole rings is 1. The molecule has 7 heteroatoms. The molecule has 4 nitrogen and oxygen atoms in total. The summed E-state index contributed by atoms with van der Waals surface area (Å²) in [6.45, 7) is 4.23. The summed E-state index contributed by atoms with van der Waals surface area (Å²) in [6.07, 6.45) is 1.80. The normalized spacial score (nSPS) is 11.0. The van der Waals surface area contributed by atoms with Crippen LogP contribution in [0.5, 0.6) is 0 Å². The Morgan fingerprint density at radius 2 is 2.19 bits per heavy atom. The molecule has 0 radical (unpaired) electrons. The maximum absolute atomic E-state index is 11.4. The van der Waals surface area contributed by atoms with Crippen molar-refractivity contribution in [1.29, 1.82) is 0 Å². The van der Waals surface area contributed by atoms with Crippen LogP contribution in [0.25, 0.3) is 0 Å². The highest BCUT2D eigenvalue weighted by Crippen LogP contribution is 2.13. The van der Waals surface area contributed by atoms with E-state index in [2.05, 4.69) is 4.98 Å². The average molecular weight is 286 g/mol. The lowest BCUT2D eigenvalue weighted by Gasteiger charge is -2.17. The molecule has 94 valence electrons. The monoisotopic (exact) mass is 285 g/mol. The zero-order valence-corrected chi connectivity index (χ0v) is 11.9. The fraction of sp³-hybridized carbons (Fsp3) is 0.556. The summed E-state index contributed by atoms with van der Waals surface area (Å²) in [4.78, 5) is 18.3. The first-order chi connectivity index (χ1) is 6.50. The molecule has 16 heavy (non-hydrogen) atoms. The van der Waals surface area contributed by atoms with Crippen LogP contribution in [0.4, 0.5) is 0 Å². The third-order valence-electron chi connectivity index (χ3n) is 1.83. The van der Waals surface area contributed by atoms with Crippen LogP contribution in [-0.4, -0.2) is 28.9 Å². The summed E-state index contributed by atoms with van der Waals surface area (Å²) in [5.74, 6) is -0.0453. The van der Waals surface area contributed by atoms with Gasteiger partial charge in [0, 0.05) is 18.1 Å². The van der Waals surface area contributed by atoms with Crippen molar-refractivity contribution in [1.82, 2.24) is 9.88 Å². The number of nitrogens with zero attached hydrogens (tertiary/aromatic N) is 2.